The molecule has 0 aliphatic rings. The monoisotopic (exact) mass is 238 g/mol. The van der Waals surface area contributed by atoms with E-state index in [9.17, 15) is 4.79 Å². The molecule has 1 atom stereocenters. The number of nitrogen functional groups attached to an aromatic ring is 1. The maximum atomic E-state index is 11.9. The van der Waals surface area contributed by atoms with Crippen molar-refractivity contribution < 1.29 is 9.53 Å². The summed E-state index contributed by atoms with van der Waals surface area (Å²) in [5.41, 5.74) is 2.92. The smallest absolute Gasteiger partial charge is 0.251 e. The SMILES string of the molecule is CCC(COC)NC(=O)c1ccnc(NN)c1. The van der Waals surface area contributed by atoms with E-state index >= 15 is 0 Å². The number of methoxy groups -OCH3 is 1. The molecule has 4 N–H and O–H groups in total. The second kappa shape index (κ2) is 6.82. The first-order chi connectivity index (χ1) is 8.21. The molecule has 1 heterocycles. The second-order valence-electron chi connectivity index (χ2n) is 3.61. The predicted octanol–water partition coefficient (Wildman–Crippen LogP) is 0.522. The van der Waals surface area contributed by atoms with Gasteiger partial charge < -0.3 is 15.5 Å². The maximum Gasteiger partial charge on any atom is 0.251 e. The number of nitrogens with zero attached hydrogens (tertiary/aromatic N) is 1. The molecule has 0 bridgehead atoms. The zero-order valence-corrected chi connectivity index (χ0v) is 10.1. The summed E-state index contributed by atoms with van der Waals surface area (Å²) >= 11 is 0. The highest BCUT2D eigenvalue weighted by atomic mass is 16.5. The molecule has 17 heavy (non-hydrogen) atoms. The van der Waals surface area contributed by atoms with Crippen molar-refractivity contribution in [1.29, 1.82) is 0 Å². The second-order valence-corrected chi connectivity index (χ2v) is 3.61. The van der Waals surface area contributed by atoms with Crippen molar-refractivity contribution in [3.8, 4) is 0 Å². The molecule has 0 radical (unpaired) electrons. The van der Waals surface area contributed by atoms with Crippen molar-refractivity contribution in [3.63, 3.8) is 0 Å². The Bertz CT molecular complexity index is 370. The Morgan fingerprint density at radius 1 is 1.65 bits per heavy atom. The van der Waals surface area contributed by atoms with Gasteiger partial charge in [-0.3, -0.25) is 4.79 Å². The molecule has 1 unspecified atom stereocenters. The number of carbonyl (C=O) groups excluding carboxylic acids is 1. The minimum Gasteiger partial charge on any atom is -0.383 e. The van der Waals surface area contributed by atoms with Crippen LogP contribution in [0.15, 0.2) is 18.3 Å². The van der Waals surface area contributed by atoms with Crippen LogP contribution in [0, 0.1) is 0 Å². The fourth-order valence-corrected chi connectivity index (χ4v) is 1.38. The first kappa shape index (κ1) is 13.4. The molecule has 0 aromatic carbocycles. The van der Waals surface area contributed by atoms with Gasteiger partial charge in [0.1, 0.15) is 5.82 Å². The topological polar surface area (TPSA) is 89.3 Å². The normalized spacial score (nSPS) is 11.9. The van der Waals surface area contributed by atoms with Crippen LogP contribution < -0.4 is 16.6 Å². The number of carbonyl (C=O) groups is 1. The first-order valence-corrected chi connectivity index (χ1v) is 5.43. The van der Waals surface area contributed by atoms with Gasteiger partial charge in [-0.05, 0) is 18.6 Å². The molecular formula is C11H18N4O2. The van der Waals surface area contributed by atoms with E-state index in [1.165, 1.54) is 6.20 Å². The van der Waals surface area contributed by atoms with E-state index in [-0.39, 0.29) is 11.9 Å². The average Bonchev–Trinajstić information content (AvgIpc) is 2.38. The van der Waals surface area contributed by atoms with Crippen LogP contribution >= 0.6 is 0 Å². The van der Waals surface area contributed by atoms with E-state index in [2.05, 4.69) is 15.7 Å². The third kappa shape index (κ3) is 4.01. The molecule has 6 heteroatoms. The molecule has 0 fully saturated rings. The standard InChI is InChI=1S/C11H18N4O2/c1-3-9(7-17-2)14-11(16)8-4-5-13-10(6-8)15-12/h4-6,9H,3,7,12H2,1-2H3,(H,13,15)(H,14,16). The third-order valence-electron chi connectivity index (χ3n) is 2.37. The summed E-state index contributed by atoms with van der Waals surface area (Å²) in [5.74, 6) is 5.53. The number of nitrogens with one attached hydrogen (secondary N) is 2. The summed E-state index contributed by atoms with van der Waals surface area (Å²) in [4.78, 5) is 15.8. The Labute approximate surface area is 101 Å². The zero-order valence-electron chi connectivity index (χ0n) is 10.1. The minimum absolute atomic E-state index is 0.00921. The van der Waals surface area contributed by atoms with Crippen LogP contribution in [-0.4, -0.2) is 30.6 Å². The van der Waals surface area contributed by atoms with Gasteiger partial charge in [0.2, 0.25) is 0 Å². The number of hydrogen-bond acceptors (Lipinski definition) is 5. The minimum atomic E-state index is -0.159. The van der Waals surface area contributed by atoms with Crippen molar-refractivity contribution in [2.75, 3.05) is 19.1 Å². The van der Waals surface area contributed by atoms with Gasteiger partial charge in [-0.15, -0.1) is 0 Å². The molecule has 1 aromatic rings. The summed E-state index contributed by atoms with van der Waals surface area (Å²) < 4.78 is 5.02. The van der Waals surface area contributed by atoms with Gasteiger partial charge in [0, 0.05) is 18.9 Å². The Morgan fingerprint density at radius 2 is 2.41 bits per heavy atom. The van der Waals surface area contributed by atoms with Gasteiger partial charge in [-0.25, -0.2) is 10.8 Å². The summed E-state index contributed by atoms with van der Waals surface area (Å²) in [6, 6.07) is 3.24. The van der Waals surface area contributed by atoms with Crippen LogP contribution in [0.4, 0.5) is 5.82 Å². The van der Waals surface area contributed by atoms with E-state index in [4.69, 9.17) is 10.6 Å². The Kier molecular flexibility index (Phi) is 5.38. The molecule has 0 saturated carbocycles. The molecule has 0 aliphatic heterocycles. The van der Waals surface area contributed by atoms with Crippen molar-refractivity contribution >= 4 is 11.7 Å². The van der Waals surface area contributed by atoms with Crippen molar-refractivity contribution in [1.82, 2.24) is 10.3 Å². The lowest BCUT2D eigenvalue weighted by atomic mass is 10.2. The van der Waals surface area contributed by atoms with Gasteiger partial charge in [-0.2, -0.15) is 0 Å². The van der Waals surface area contributed by atoms with Crippen molar-refractivity contribution in [2.45, 2.75) is 19.4 Å². The van der Waals surface area contributed by atoms with Gasteiger partial charge in [0.15, 0.2) is 0 Å². The molecule has 0 aliphatic carbocycles. The molecule has 1 rings (SSSR count). The van der Waals surface area contributed by atoms with Gasteiger partial charge in [0.25, 0.3) is 5.91 Å². The Balaban J connectivity index is 2.68. The average molecular weight is 238 g/mol. The molecule has 94 valence electrons. The lowest BCUT2D eigenvalue weighted by Crippen LogP contribution is -2.37. The third-order valence-corrected chi connectivity index (χ3v) is 2.37. The predicted molar refractivity (Wildman–Crippen MR) is 65.5 cm³/mol. The molecule has 0 saturated heterocycles. The largest absolute Gasteiger partial charge is 0.383 e. The van der Waals surface area contributed by atoms with Gasteiger partial charge in [-0.1, -0.05) is 6.92 Å². The van der Waals surface area contributed by atoms with E-state index in [0.29, 0.717) is 18.0 Å². The Hall–Kier alpha value is -1.66. The number of nitrogens with two attached hydrogens (primary N) is 1. The Morgan fingerprint density at radius 3 is 3.00 bits per heavy atom. The molecule has 6 nitrogen and oxygen atoms in total. The van der Waals surface area contributed by atoms with Crippen molar-refractivity contribution in [3.05, 3.63) is 23.9 Å². The summed E-state index contributed by atoms with van der Waals surface area (Å²) in [6.45, 7) is 2.48. The van der Waals surface area contributed by atoms with Crippen LogP contribution in [0.25, 0.3) is 0 Å². The van der Waals surface area contributed by atoms with E-state index in [1.54, 1.807) is 19.2 Å². The van der Waals surface area contributed by atoms with Gasteiger partial charge >= 0.3 is 0 Å². The zero-order chi connectivity index (χ0) is 12.7. The number of anilines is 1. The highest BCUT2D eigenvalue weighted by Crippen LogP contribution is 2.06. The van der Waals surface area contributed by atoms with Crippen molar-refractivity contribution in [2.24, 2.45) is 5.84 Å². The fourth-order valence-electron chi connectivity index (χ4n) is 1.38. The number of hydrazine groups is 1. The fraction of sp³-hybridized carbons (Fsp3) is 0.455. The number of pyridine rings is 1. The molecule has 1 aromatic heterocycles. The first-order valence-electron chi connectivity index (χ1n) is 5.43. The number of aromatic nitrogens is 1. The summed E-state index contributed by atoms with van der Waals surface area (Å²) in [7, 11) is 1.61. The van der Waals surface area contributed by atoms with Crippen LogP contribution in [0.5, 0.6) is 0 Å². The van der Waals surface area contributed by atoms with E-state index in [0.717, 1.165) is 6.42 Å². The number of ether oxygens (including phenoxy) is 1. The quantitative estimate of drug-likeness (QED) is 0.496. The highest BCUT2D eigenvalue weighted by molar-refractivity contribution is 5.94. The van der Waals surface area contributed by atoms with Crippen LogP contribution in [-0.2, 0) is 4.74 Å². The van der Waals surface area contributed by atoms with Crippen LogP contribution in [0.2, 0.25) is 0 Å². The maximum absolute atomic E-state index is 11.9. The lowest BCUT2D eigenvalue weighted by molar-refractivity contribution is 0.0894. The van der Waals surface area contributed by atoms with Crippen LogP contribution in [0.1, 0.15) is 23.7 Å². The molecule has 0 spiro atoms. The number of rotatable bonds is 6. The van der Waals surface area contributed by atoms with E-state index < -0.39 is 0 Å². The van der Waals surface area contributed by atoms with Gasteiger partial charge in [0.05, 0.1) is 12.6 Å². The summed E-state index contributed by atoms with van der Waals surface area (Å²) in [6.07, 6.45) is 2.34. The highest BCUT2D eigenvalue weighted by Gasteiger charge is 2.12. The molecular weight excluding hydrogens is 220 g/mol. The van der Waals surface area contributed by atoms with E-state index in [1.807, 2.05) is 6.92 Å². The molecule has 1 amide bonds. The summed E-state index contributed by atoms with van der Waals surface area (Å²) in [5, 5.41) is 2.87. The lowest BCUT2D eigenvalue weighted by Gasteiger charge is -2.15. The number of hydrogen-bond donors (Lipinski definition) is 3. The number of amides is 1. The van der Waals surface area contributed by atoms with Crippen LogP contribution in [0.3, 0.4) is 0 Å².